The van der Waals surface area contributed by atoms with E-state index >= 15 is 0 Å². The van der Waals surface area contributed by atoms with E-state index < -0.39 is 5.97 Å². The molecule has 4 nitrogen and oxygen atoms in total. The van der Waals surface area contributed by atoms with E-state index in [0.29, 0.717) is 18.5 Å². The van der Waals surface area contributed by atoms with Gasteiger partial charge < -0.3 is 10.4 Å². The maximum absolute atomic E-state index is 12.7. The molecule has 0 saturated heterocycles. The van der Waals surface area contributed by atoms with E-state index in [-0.39, 0.29) is 12.3 Å². The molecule has 0 saturated carbocycles. The quantitative estimate of drug-likeness (QED) is 0.379. The molecule has 0 heterocycles. The van der Waals surface area contributed by atoms with E-state index in [1.54, 1.807) is 0 Å². The summed E-state index contributed by atoms with van der Waals surface area (Å²) in [6.07, 6.45) is 5.43. The Hall–Kier alpha value is -2.88. The van der Waals surface area contributed by atoms with Crippen molar-refractivity contribution < 1.29 is 14.7 Å². The van der Waals surface area contributed by atoms with Crippen LogP contribution in [0.3, 0.4) is 0 Å². The highest BCUT2D eigenvalue weighted by atomic mass is 16.4. The molecular weight excluding hydrogens is 326 g/mol. The molecule has 136 valence electrons. The largest absolute Gasteiger partial charge is 0.481 e. The van der Waals surface area contributed by atoms with Crippen molar-refractivity contribution in [2.24, 2.45) is 0 Å². The molecule has 0 unspecified atom stereocenters. The van der Waals surface area contributed by atoms with E-state index in [9.17, 15) is 9.59 Å². The van der Waals surface area contributed by atoms with Gasteiger partial charge in [-0.2, -0.15) is 0 Å². The number of carboxylic acid groups (broad SMARTS) is 1. The van der Waals surface area contributed by atoms with Gasteiger partial charge in [0.05, 0.1) is 0 Å². The molecular formula is C22H25NO3. The molecule has 0 bridgehead atoms. The fraction of sp³-hybridized carbons (Fsp3) is 0.273. The molecule has 0 aromatic heterocycles. The maximum Gasteiger partial charge on any atom is 0.303 e. The summed E-state index contributed by atoms with van der Waals surface area (Å²) in [4.78, 5) is 23.1. The van der Waals surface area contributed by atoms with Crippen molar-refractivity contribution in [1.82, 2.24) is 5.32 Å². The summed E-state index contributed by atoms with van der Waals surface area (Å²) in [5.41, 5.74) is 2.51. The summed E-state index contributed by atoms with van der Waals surface area (Å²) in [6, 6.07) is 19.4. The summed E-state index contributed by atoms with van der Waals surface area (Å²) in [6.45, 7) is 0.588. The van der Waals surface area contributed by atoms with Gasteiger partial charge in [-0.05, 0) is 30.0 Å². The number of carbonyl (C=O) groups is 2. The van der Waals surface area contributed by atoms with E-state index in [1.165, 1.54) is 0 Å². The zero-order valence-corrected chi connectivity index (χ0v) is 14.9. The van der Waals surface area contributed by atoms with Gasteiger partial charge >= 0.3 is 5.97 Å². The van der Waals surface area contributed by atoms with Crippen LogP contribution in [-0.2, 0) is 9.59 Å². The summed E-state index contributed by atoms with van der Waals surface area (Å²) in [5, 5.41) is 11.6. The van der Waals surface area contributed by atoms with Crippen LogP contribution >= 0.6 is 0 Å². The van der Waals surface area contributed by atoms with Crippen LogP contribution in [0.15, 0.2) is 60.7 Å². The van der Waals surface area contributed by atoms with Crippen LogP contribution in [0.1, 0.15) is 43.2 Å². The highest BCUT2D eigenvalue weighted by Gasteiger charge is 2.11. The third kappa shape index (κ3) is 6.93. The van der Waals surface area contributed by atoms with Crippen molar-refractivity contribution in [2.45, 2.75) is 32.1 Å². The van der Waals surface area contributed by atoms with Gasteiger partial charge in [0.25, 0.3) is 5.91 Å². The Bertz CT molecular complexity index is 724. The number of aliphatic carboxylic acids is 1. The fourth-order valence-corrected chi connectivity index (χ4v) is 2.67. The Morgan fingerprint density at radius 1 is 0.846 bits per heavy atom. The van der Waals surface area contributed by atoms with Crippen LogP contribution in [0, 0.1) is 0 Å². The molecule has 4 heteroatoms. The molecule has 0 aliphatic rings. The molecule has 2 aromatic carbocycles. The number of hydrogen-bond acceptors (Lipinski definition) is 2. The van der Waals surface area contributed by atoms with Crippen molar-refractivity contribution in [3.8, 4) is 0 Å². The number of hydrogen-bond donors (Lipinski definition) is 2. The Labute approximate surface area is 154 Å². The Kier molecular flexibility index (Phi) is 8.13. The molecule has 26 heavy (non-hydrogen) atoms. The number of benzene rings is 2. The Balaban J connectivity index is 1.92. The van der Waals surface area contributed by atoms with Crippen LogP contribution in [0.5, 0.6) is 0 Å². The standard InChI is InChI=1S/C22H25NO3/c24-21(25)15-9-1-2-10-16-23-22(26)20(19-13-7-4-8-14-19)17-18-11-5-3-6-12-18/h3-8,11-14,17H,1-2,9-10,15-16H2,(H,23,26)(H,24,25). The molecule has 1 amide bonds. The third-order valence-corrected chi connectivity index (χ3v) is 4.04. The number of carboxylic acids is 1. The minimum atomic E-state index is -0.753. The summed E-state index contributed by atoms with van der Waals surface area (Å²) in [7, 11) is 0. The average Bonchev–Trinajstić information content (AvgIpc) is 2.66. The predicted octanol–water partition coefficient (Wildman–Crippen LogP) is 4.38. The van der Waals surface area contributed by atoms with Crippen LogP contribution in [0.2, 0.25) is 0 Å². The number of carbonyl (C=O) groups excluding carboxylic acids is 1. The molecule has 0 fully saturated rings. The van der Waals surface area contributed by atoms with Crippen molar-refractivity contribution in [3.05, 3.63) is 71.8 Å². The number of rotatable bonds is 10. The lowest BCUT2D eigenvalue weighted by atomic mass is 10.0. The molecule has 2 N–H and O–H groups in total. The van der Waals surface area contributed by atoms with Gasteiger partial charge in [-0.3, -0.25) is 9.59 Å². The molecule has 2 rings (SSSR count). The molecule has 2 aromatic rings. The van der Waals surface area contributed by atoms with Crippen LogP contribution in [0.4, 0.5) is 0 Å². The highest BCUT2D eigenvalue weighted by Crippen LogP contribution is 2.18. The van der Waals surface area contributed by atoms with E-state index in [0.717, 1.165) is 30.4 Å². The first-order valence-corrected chi connectivity index (χ1v) is 8.99. The first-order valence-electron chi connectivity index (χ1n) is 8.99. The molecule has 0 spiro atoms. The van der Waals surface area contributed by atoms with Gasteiger partial charge in [-0.25, -0.2) is 0 Å². The van der Waals surface area contributed by atoms with E-state index in [1.807, 2.05) is 66.7 Å². The molecule has 0 aliphatic carbocycles. The normalized spacial score (nSPS) is 11.2. The molecule has 0 radical (unpaired) electrons. The predicted molar refractivity (Wildman–Crippen MR) is 104 cm³/mol. The van der Waals surface area contributed by atoms with Gasteiger partial charge in [-0.15, -0.1) is 0 Å². The van der Waals surface area contributed by atoms with Gasteiger partial charge in [0.2, 0.25) is 0 Å². The minimum absolute atomic E-state index is 0.0920. The lowest BCUT2D eigenvalue weighted by Crippen LogP contribution is -2.25. The Morgan fingerprint density at radius 3 is 2.12 bits per heavy atom. The summed E-state index contributed by atoms with van der Waals surface area (Å²) >= 11 is 0. The molecule has 0 aliphatic heterocycles. The van der Waals surface area contributed by atoms with E-state index in [4.69, 9.17) is 5.11 Å². The maximum atomic E-state index is 12.7. The topological polar surface area (TPSA) is 66.4 Å². The lowest BCUT2D eigenvalue weighted by molar-refractivity contribution is -0.137. The number of nitrogens with one attached hydrogen (secondary N) is 1. The molecule has 0 atom stereocenters. The monoisotopic (exact) mass is 351 g/mol. The van der Waals surface area contributed by atoms with Crippen molar-refractivity contribution >= 4 is 23.5 Å². The second kappa shape index (κ2) is 10.9. The van der Waals surface area contributed by atoms with Gasteiger partial charge in [-0.1, -0.05) is 73.5 Å². The second-order valence-corrected chi connectivity index (χ2v) is 6.15. The van der Waals surface area contributed by atoms with Crippen molar-refractivity contribution in [3.63, 3.8) is 0 Å². The van der Waals surface area contributed by atoms with Gasteiger partial charge in [0.1, 0.15) is 0 Å². The summed E-state index contributed by atoms with van der Waals surface area (Å²) < 4.78 is 0. The van der Waals surface area contributed by atoms with Crippen molar-refractivity contribution in [2.75, 3.05) is 6.54 Å². The van der Waals surface area contributed by atoms with Crippen LogP contribution in [-0.4, -0.2) is 23.5 Å². The number of amides is 1. The van der Waals surface area contributed by atoms with E-state index in [2.05, 4.69) is 5.32 Å². The third-order valence-electron chi connectivity index (χ3n) is 4.04. The zero-order valence-electron chi connectivity index (χ0n) is 14.9. The lowest BCUT2D eigenvalue weighted by Gasteiger charge is -2.10. The first-order chi connectivity index (χ1) is 12.7. The second-order valence-electron chi connectivity index (χ2n) is 6.15. The minimum Gasteiger partial charge on any atom is -0.481 e. The smallest absolute Gasteiger partial charge is 0.303 e. The SMILES string of the molecule is O=C(O)CCCCCCNC(=O)C(=Cc1ccccc1)c1ccccc1. The first kappa shape index (κ1) is 19.4. The Morgan fingerprint density at radius 2 is 1.46 bits per heavy atom. The summed E-state index contributed by atoms with van der Waals surface area (Å²) in [5.74, 6) is -0.845. The highest BCUT2D eigenvalue weighted by molar-refractivity contribution is 6.24. The fourth-order valence-electron chi connectivity index (χ4n) is 2.67. The number of unbranched alkanes of at least 4 members (excludes halogenated alkanes) is 3. The average molecular weight is 351 g/mol. The van der Waals surface area contributed by atoms with Crippen molar-refractivity contribution in [1.29, 1.82) is 0 Å². The van der Waals surface area contributed by atoms with Crippen LogP contribution < -0.4 is 5.32 Å². The van der Waals surface area contributed by atoms with Gasteiger partial charge in [0.15, 0.2) is 0 Å². The van der Waals surface area contributed by atoms with Crippen LogP contribution in [0.25, 0.3) is 11.6 Å². The zero-order chi connectivity index (χ0) is 18.6. The van der Waals surface area contributed by atoms with Gasteiger partial charge in [0, 0.05) is 18.5 Å².